The molecule has 0 radical (unpaired) electrons. The third kappa shape index (κ3) is 4.44. The Kier molecular flexibility index (Phi) is 6.23. The molecule has 1 aliphatic heterocycles. The van der Waals surface area contributed by atoms with Crippen molar-refractivity contribution in [3.63, 3.8) is 0 Å². The molecule has 0 bridgehead atoms. The maximum Gasteiger partial charge on any atom is 0.255 e. The van der Waals surface area contributed by atoms with Gasteiger partial charge in [0, 0.05) is 17.9 Å². The van der Waals surface area contributed by atoms with Gasteiger partial charge in [0.25, 0.3) is 5.91 Å². The minimum absolute atomic E-state index is 0.161. The van der Waals surface area contributed by atoms with Crippen LogP contribution in [0.1, 0.15) is 26.9 Å². The molecule has 1 aliphatic rings. The molecule has 1 amide bonds. The summed E-state index contributed by atoms with van der Waals surface area (Å²) in [5.41, 5.74) is 2.37. The van der Waals surface area contributed by atoms with E-state index in [0.29, 0.717) is 30.2 Å². The maximum atomic E-state index is 13.6. The van der Waals surface area contributed by atoms with Crippen LogP contribution in [-0.4, -0.2) is 30.2 Å². The van der Waals surface area contributed by atoms with Crippen molar-refractivity contribution in [3.8, 4) is 11.5 Å². The topological polar surface area (TPSA) is 38.8 Å². The van der Waals surface area contributed by atoms with Gasteiger partial charge < -0.3 is 14.4 Å². The number of carbonyl (C=O) groups excluding carboxylic acids is 1. The molecule has 6 heteroatoms. The Labute approximate surface area is 179 Å². The first kappa shape index (κ1) is 20.3. The molecule has 1 saturated heterocycles. The van der Waals surface area contributed by atoms with E-state index in [1.807, 2.05) is 48.5 Å². The number of amides is 1. The first-order valence-electron chi connectivity index (χ1n) is 9.68. The average Bonchev–Trinajstić information content (AvgIpc) is 3.27. The van der Waals surface area contributed by atoms with Gasteiger partial charge in [-0.15, -0.1) is 11.8 Å². The molecule has 1 fully saturated rings. The minimum atomic E-state index is -0.412. The summed E-state index contributed by atoms with van der Waals surface area (Å²) in [6.45, 7) is 1.03. The number of hydrogen-bond acceptors (Lipinski definition) is 4. The van der Waals surface area contributed by atoms with E-state index in [0.717, 1.165) is 16.9 Å². The van der Waals surface area contributed by atoms with Crippen LogP contribution in [0.25, 0.3) is 0 Å². The van der Waals surface area contributed by atoms with E-state index >= 15 is 0 Å². The molecule has 4 rings (SSSR count). The van der Waals surface area contributed by atoms with E-state index in [1.54, 1.807) is 35.9 Å². The van der Waals surface area contributed by atoms with Crippen molar-refractivity contribution in [2.24, 2.45) is 0 Å². The van der Waals surface area contributed by atoms with E-state index < -0.39 is 5.82 Å². The van der Waals surface area contributed by atoms with Gasteiger partial charge in [-0.25, -0.2) is 4.39 Å². The molecule has 1 heterocycles. The second kappa shape index (κ2) is 9.22. The number of methoxy groups -OCH3 is 1. The van der Waals surface area contributed by atoms with E-state index in [1.165, 1.54) is 12.1 Å². The maximum absolute atomic E-state index is 13.6. The number of carbonyl (C=O) groups is 1. The molecule has 1 atom stereocenters. The predicted molar refractivity (Wildman–Crippen MR) is 116 cm³/mol. The number of halogens is 1. The van der Waals surface area contributed by atoms with Gasteiger partial charge in [-0.2, -0.15) is 0 Å². The Hall–Kier alpha value is -2.99. The molecule has 1 unspecified atom stereocenters. The fourth-order valence-electron chi connectivity index (χ4n) is 3.44. The Morgan fingerprint density at radius 1 is 1.07 bits per heavy atom. The van der Waals surface area contributed by atoms with Crippen LogP contribution in [0.2, 0.25) is 0 Å². The molecule has 0 spiro atoms. The molecule has 0 aliphatic carbocycles. The van der Waals surface area contributed by atoms with Crippen LogP contribution in [0.3, 0.4) is 0 Å². The van der Waals surface area contributed by atoms with Gasteiger partial charge >= 0.3 is 0 Å². The lowest BCUT2D eigenvalue weighted by Gasteiger charge is -2.25. The Morgan fingerprint density at radius 3 is 2.67 bits per heavy atom. The quantitative estimate of drug-likeness (QED) is 0.539. The molecule has 3 aromatic carbocycles. The molecule has 154 valence electrons. The summed E-state index contributed by atoms with van der Waals surface area (Å²) < 4.78 is 25.1. The molecule has 4 nitrogen and oxygen atoms in total. The van der Waals surface area contributed by atoms with Crippen LogP contribution >= 0.6 is 11.8 Å². The summed E-state index contributed by atoms with van der Waals surface area (Å²) >= 11 is 1.68. The van der Waals surface area contributed by atoms with E-state index in [4.69, 9.17) is 9.47 Å². The molecular weight excluding hydrogens is 401 g/mol. The monoisotopic (exact) mass is 423 g/mol. The summed E-state index contributed by atoms with van der Waals surface area (Å²) in [7, 11) is 1.61. The van der Waals surface area contributed by atoms with Crippen LogP contribution in [0.4, 0.5) is 4.39 Å². The molecule has 0 saturated carbocycles. The highest BCUT2D eigenvalue weighted by atomic mass is 32.2. The Morgan fingerprint density at radius 2 is 1.90 bits per heavy atom. The van der Waals surface area contributed by atoms with Gasteiger partial charge in [0.2, 0.25) is 0 Å². The summed E-state index contributed by atoms with van der Waals surface area (Å²) in [5, 5.41) is -0.161. The summed E-state index contributed by atoms with van der Waals surface area (Å²) in [5.74, 6) is 1.50. The third-order valence-corrected chi connectivity index (χ3v) is 6.19. The number of hydrogen-bond donors (Lipinski definition) is 0. The standard InChI is InChI=1S/C24H22FNO3S/c1-28-21-11-10-19(15-22(21)29-16-17-6-3-2-4-7-17)24-26(12-13-30-24)23(27)18-8-5-9-20(25)14-18/h2-11,14-15,24H,12-13,16H2,1H3. The molecule has 3 aromatic rings. The number of rotatable bonds is 6. The molecule has 0 N–H and O–H groups in total. The Balaban J connectivity index is 1.57. The van der Waals surface area contributed by atoms with Gasteiger partial charge in [0.1, 0.15) is 17.8 Å². The van der Waals surface area contributed by atoms with Gasteiger partial charge in [-0.3, -0.25) is 4.79 Å². The first-order valence-corrected chi connectivity index (χ1v) is 10.7. The highest BCUT2D eigenvalue weighted by Crippen LogP contribution is 2.41. The molecule has 30 heavy (non-hydrogen) atoms. The molecule has 0 aromatic heterocycles. The average molecular weight is 424 g/mol. The van der Waals surface area contributed by atoms with Crippen molar-refractivity contribution in [1.82, 2.24) is 4.90 Å². The summed E-state index contributed by atoms with van der Waals surface area (Å²) in [6, 6.07) is 21.5. The van der Waals surface area contributed by atoms with Crippen molar-refractivity contribution < 1.29 is 18.7 Å². The van der Waals surface area contributed by atoms with Crippen LogP contribution in [-0.2, 0) is 6.61 Å². The van der Waals surface area contributed by atoms with Gasteiger partial charge in [0.15, 0.2) is 11.5 Å². The zero-order valence-electron chi connectivity index (χ0n) is 16.6. The SMILES string of the molecule is COc1ccc(C2SCCN2C(=O)c2cccc(F)c2)cc1OCc1ccccc1. The van der Waals surface area contributed by atoms with Crippen molar-refractivity contribution in [2.75, 3.05) is 19.4 Å². The fraction of sp³-hybridized carbons (Fsp3) is 0.208. The molecular formula is C24H22FNO3S. The van der Waals surface area contributed by atoms with Gasteiger partial charge in [0.05, 0.1) is 7.11 Å². The lowest BCUT2D eigenvalue weighted by Crippen LogP contribution is -2.30. The summed E-state index contributed by atoms with van der Waals surface area (Å²) in [6.07, 6.45) is 0. The number of nitrogens with zero attached hydrogens (tertiary/aromatic N) is 1. The Bertz CT molecular complexity index is 1030. The lowest BCUT2D eigenvalue weighted by atomic mass is 10.1. The second-order valence-electron chi connectivity index (χ2n) is 6.92. The van der Waals surface area contributed by atoms with Gasteiger partial charge in [-0.05, 0) is 41.5 Å². The smallest absolute Gasteiger partial charge is 0.255 e. The highest BCUT2D eigenvalue weighted by molar-refractivity contribution is 7.99. The van der Waals surface area contributed by atoms with Crippen LogP contribution < -0.4 is 9.47 Å². The van der Waals surface area contributed by atoms with Gasteiger partial charge in [-0.1, -0.05) is 42.5 Å². The van der Waals surface area contributed by atoms with Crippen molar-refractivity contribution in [3.05, 3.63) is 95.3 Å². The lowest BCUT2D eigenvalue weighted by molar-refractivity contribution is 0.0759. The second-order valence-corrected chi connectivity index (χ2v) is 8.10. The third-order valence-electron chi connectivity index (χ3n) is 4.93. The normalized spacial score (nSPS) is 15.8. The largest absolute Gasteiger partial charge is 0.493 e. The number of thioether (sulfide) groups is 1. The highest BCUT2D eigenvalue weighted by Gasteiger charge is 2.32. The van der Waals surface area contributed by atoms with E-state index in [-0.39, 0.29) is 11.3 Å². The van der Waals surface area contributed by atoms with Crippen LogP contribution in [0.15, 0.2) is 72.8 Å². The van der Waals surface area contributed by atoms with E-state index in [2.05, 4.69) is 0 Å². The summed E-state index contributed by atoms with van der Waals surface area (Å²) in [4.78, 5) is 14.8. The number of ether oxygens (including phenoxy) is 2. The fourth-order valence-corrected chi connectivity index (χ4v) is 4.68. The van der Waals surface area contributed by atoms with Crippen LogP contribution in [0, 0.1) is 5.82 Å². The first-order chi connectivity index (χ1) is 14.7. The zero-order valence-corrected chi connectivity index (χ0v) is 17.4. The van der Waals surface area contributed by atoms with Crippen LogP contribution in [0.5, 0.6) is 11.5 Å². The predicted octanol–water partition coefficient (Wildman–Crippen LogP) is 5.30. The van der Waals surface area contributed by atoms with E-state index in [9.17, 15) is 9.18 Å². The zero-order chi connectivity index (χ0) is 20.9. The van der Waals surface area contributed by atoms with Crippen molar-refractivity contribution >= 4 is 17.7 Å². The minimum Gasteiger partial charge on any atom is -0.493 e. The van der Waals surface area contributed by atoms with Crippen molar-refractivity contribution in [1.29, 1.82) is 0 Å². The number of benzene rings is 3. The van der Waals surface area contributed by atoms with Crippen molar-refractivity contribution in [2.45, 2.75) is 12.0 Å².